The first-order chi connectivity index (χ1) is 9.63. The molecule has 1 unspecified atom stereocenters. The monoisotopic (exact) mass is 308 g/mol. The van der Waals surface area contributed by atoms with Gasteiger partial charge < -0.3 is 10.2 Å². The van der Waals surface area contributed by atoms with E-state index in [9.17, 15) is 0 Å². The van der Waals surface area contributed by atoms with Gasteiger partial charge in [-0.25, -0.2) is 0 Å². The third kappa shape index (κ3) is 3.54. The average molecular weight is 309 g/mol. The molecule has 0 amide bonds. The lowest BCUT2D eigenvalue weighted by molar-refractivity contribution is 0.681. The molecule has 0 saturated heterocycles. The maximum atomic E-state index is 6.42. The molecule has 0 saturated carbocycles. The summed E-state index contributed by atoms with van der Waals surface area (Å²) in [7, 11) is 4.08. The van der Waals surface area contributed by atoms with E-state index in [1.165, 1.54) is 10.4 Å². The first kappa shape index (κ1) is 15.4. The van der Waals surface area contributed by atoms with E-state index in [1.807, 2.05) is 30.5 Å². The summed E-state index contributed by atoms with van der Waals surface area (Å²) in [5.74, 6) is 0. The summed E-state index contributed by atoms with van der Waals surface area (Å²) in [6.45, 7) is 3.07. The lowest BCUT2D eigenvalue weighted by Crippen LogP contribution is -2.32. The topological polar surface area (TPSA) is 15.3 Å². The number of para-hydroxylation sites is 1. The molecular weight excluding hydrogens is 288 g/mol. The molecule has 1 aromatic carbocycles. The zero-order chi connectivity index (χ0) is 14.5. The Labute approximate surface area is 130 Å². The van der Waals surface area contributed by atoms with Gasteiger partial charge in [0.05, 0.1) is 10.7 Å². The van der Waals surface area contributed by atoms with Crippen LogP contribution in [0.2, 0.25) is 5.02 Å². The van der Waals surface area contributed by atoms with Crippen LogP contribution < -0.4 is 10.2 Å². The number of rotatable bonds is 6. The highest BCUT2D eigenvalue weighted by molar-refractivity contribution is 7.09. The van der Waals surface area contributed by atoms with E-state index in [4.69, 9.17) is 11.6 Å². The Morgan fingerprint density at radius 3 is 2.75 bits per heavy atom. The number of nitrogens with zero attached hydrogens (tertiary/aromatic N) is 1. The normalized spacial score (nSPS) is 12.4. The Hall–Kier alpha value is -1.03. The quantitative estimate of drug-likeness (QED) is 0.861. The van der Waals surface area contributed by atoms with Crippen LogP contribution in [0.5, 0.6) is 0 Å². The van der Waals surface area contributed by atoms with Gasteiger partial charge in [-0.2, -0.15) is 0 Å². The Morgan fingerprint density at radius 1 is 1.30 bits per heavy atom. The fraction of sp³-hybridized carbons (Fsp3) is 0.375. The van der Waals surface area contributed by atoms with E-state index in [2.05, 4.69) is 47.8 Å². The molecule has 2 nitrogen and oxygen atoms in total. The molecular formula is C16H21ClN2S. The lowest BCUT2D eigenvalue weighted by Gasteiger charge is -2.30. The number of anilines is 1. The van der Waals surface area contributed by atoms with Crippen LogP contribution in [0.15, 0.2) is 35.7 Å². The molecule has 0 bridgehead atoms. The molecule has 0 aliphatic heterocycles. The molecule has 4 heteroatoms. The van der Waals surface area contributed by atoms with Crippen molar-refractivity contribution in [3.8, 4) is 0 Å². The van der Waals surface area contributed by atoms with Crippen LogP contribution in [0, 0.1) is 0 Å². The minimum Gasteiger partial charge on any atom is -0.370 e. The molecule has 0 spiro atoms. The number of hydrogen-bond donors (Lipinski definition) is 1. The van der Waals surface area contributed by atoms with Crippen molar-refractivity contribution in [2.24, 2.45) is 0 Å². The van der Waals surface area contributed by atoms with Gasteiger partial charge in [-0.3, -0.25) is 0 Å². The van der Waals surface area contributed by atoms with E-state index >= 15 is 0 Å². The highest BCUT2D eigenvalue weighted by Gasteiger charge is 2.17. The van der Waals surface area contributed by atoms with Crippen LogP contribution >= 0.6 is 22.9 Å². The minimum absolute atomic E-state index is 0.407. The summed E-state index contributed by atoms with van der Waals surface area (Å²) >= 11 is 8.23. The number of nitrogens with one attached hydrogen (secondary N) is 1. The van der Waals surface area contributed by atoms with Crippen LogP contribution in [-0.2, 0) is 13.0 Å². The van der Waals surface area contributed by atoms with Gasteiger partial charge in [0.2, 0.25) is 0 Å². The van der Waals surface area contributed by atoms with Gasteiger partial charge in [-0.1, -0.05) is 29.8 Å². The van der Waals surface area contributed by atoms with Gasteiger partial charge in [0.15, 0.2) is 0 Å². The first-order valence-corrected chi connectivity index (χ1v) is 8.06. The number of halogens is 1. The predicted molar refractivity (Wildman–Crippen MR) is 90.1 cm³/mol. The summed E-state index contributed by atoms with van der Waals surface area (Å²) in [6, 6.07) is 10.8. The second-order valence-electron chi connectivity index (χ2n) is 5.02. The molecule has 108 valence electrons. The standard InChI is InChI=1S/C16H21ClN2S/c1-12(10-14-7-5-9-20-14)19(3)16-13(11-18-2)6-4-8-15(16)17/h4-9,12,18H,10-11H2,1-3H3. The summed E-state index contributed by atoms with van der Waals surface area (Å²) in [4.78, 5) is 3.70. The van der Waals surface area contributed by atoms with E-state index in [0.717, 1.165) is 23.7 Å². The lowest BCUT2D eigenvalue weighted by atomic mass is 10.1. The van der Waals surface area contributed by atoms with Crippen molar-refractivity contribution in [3.05, 3.63) is 51.2 Å². The van der Waals surface area contributed by atoms with Gasteiger partial charge in [0.25, 0.3) is 0 Å². The fourth-order valence-electron chi connectivity index (χ4n) is 2.37. The summed E-state index contributed by atoms with van der Waals surface area (Å²) < 4.78 is 0. The molecule has 1 heterocycles. The van der Waals surface area contributed by atoms with Crippen LogP contribution in [0.1, 0.15) is 17.4 Å². The van der Waals surface area contributed by atoms with Crippen molar-refractivity contribution in [2.45, 2.75) is 25.9 Å². The maximum absolute atomic E-state index is 6.42. The molecule has 2 aromatic rings. The smallest absolute Gasteiger partial charge is 0.0642 e. The molecule has 1 aromatic heterocycles. The molecule has 2 rings (SSSR count). The largest absolute Gasteiger partial charge is 0.370 e. The molecule has 0 fully saturated rings. The van der Waals surface area contributed by atoms with Gasteiger partial charge in [-0.15, -0.1) is 11.3 Å². The Morgan fingerprint density at radius 2 is 2.10 bits per heavy atom. The number of likely N-dealkylation sites (N-methyl/N-ethyl adjacent to an activating group) is 1. The summed E-state index contributed by atoms with van der Waals surface area (Å²) in [5.41, 5.74) is 2.37. The van der Waals surface area contributed by atoms with E-state index in [0.29, 0.717) is 6.04 Å². The highest BCUT2D eigenvalue weighted by atomic mass is 35.5. The Kier molecular flexibility index (Phi) is 5.46. The summed E-state index contributed by atoms with van der Waals surface area (Å²) in [5, 5.41) is 6.15. The zero-order valence-corrected chi connectivity index (χ0v) is 13.8. The molecule has 0 radical (unpaired) electrons. The number of thiophene rings is 1. The molecule has 20 heavy (non-hydrogen) atoms. The maximum Gasteiger partial charge on any atom is 0.0642 e. The van der Waals surface area contributed by atoms with Crippen molar-refractivity contribution in [1.29, 1.82) is 0 Å². The SMILES string of the molecule is CNCc1cccc(Cl)c1N(C)C(C)Cc1cccs1. The molecule has 0 aliphatic carbocycles. The molecule has 1 atom stereocenters. The van der Waals surface area contributed by atoms with Crippen LogP contribution in [0.4, 0.5) is 5.69 Å². The number of hydrogen-bond acceptors (Lipinski definition) is 3. The first-order valence-electron chi connectivity index (χ1n) is 6.80. The van der Waals surface area contributed by atoms with Crippen molar-refractivity contribution in [2.75, 3.05) is 19.0 Å². The van der Waals surface area contributed by atoms with Gasteiger partial charge >= 0.3 is 0 Å². The van der Waals surface area contributed by atoms with Crippen LogP contribution in [-0.4, -0.2) is 20.1 Å². The average Bonchev–Trinajstić information content (AvgIpc) is 2.91. The molecule has 1 N–H and O–H groups in total. The van der Waals surface area contributed by atoms with Crippen molar-refractivity contribution in [3.63, 3.8) is 0 Å². The van der Waals surface area contributed by atoms with E-state index < -0.39 is 0 Å². The Balaban J connectivity index is 2.21. The predicted octanol–water partition coefficient (Wildman–Crippen LogP) is 4.19. The third-order valence-electron chi connectivity index (χ3n) is 3.53. The Bertz CT molecular complexity index is 539. The number of benzene rings is 1. The van der Waals surface area contributed by atoms with Crippen molar-refractivity contribution in [1.82, 2.24) is 5.32 Å². The fourth-order valence-corrected chi connectivity index (χ4v) is 3.52. The van der Waals surface area contributed by atoms with E-state index in [-0.39, 0.29) is 0 Å². The second-order valence-corrected chi connectivity index (χ2v) is 6.46. The van der Waals surface area contributed by atoms with Crippen molar-refractivity contribution < 1.29 is 0 Å². The van der Waals surface area contributed by atoms with Gasteiger partial charge in [0.1, 0.15) is 0 Å². The van der Waals surface area contributed by atoms with Crippen LogP contribution in [0.25, 0.3) is 0 Å². The highest BCUT2D eigenvalue weighted by Crippen LogP contribution is 2.31. The van der Waals surface area contributed by atoms with Gasteiger partial charge in [0, 0.05) is 30.9 Å². The molecule has 0 aliphatic rings. The minimum atomic E-state index is 0.407. The zero-order valence-electron chi connectivity index (χ0n) is 12.2. The van der Waals surface area contributed by atoms with E-state index in [1.54, 1.807) is 0 Å². The summed E-state index contributed by atoms with van der Waals surface area (Å²) in [6.07, 6.45) is 1.04. The third-order valence-corrected chi connectivity index (χ3v) is 4.73. The second kappa shape index (κ2) is 7.11. The van der Waals surface area contributed by atoms with Gasteiger partial charge in [-0.05, 0) is 37.0 Å². The van der Waals surface area contributed by atoms with Crippen molar-refractivity contribution >= 4 is 28.6 Å². The van der Waals surface area contributed by atoms with Crippen LogP contribution in [0.3, 0.4) is 0 Å².